The average molecular weight is 346 g/mol. The van der Waals surface area contributed by atoms with E-state index in [2.05, 4.69) is 31.9 Å². The Morgan fingerprint density at radius 1 is 1.12 bits per heavy atom. The van der Waals surface area contributed by atoms with Crippen molar-refractivity contribution >= 4 is 17.5 Å². The largest absolute Gasteiger partial charge is 0.454 e. The van der Waals surface area contributed by atoms with Gasteiger partial charge in [-0.2, -0.15) is 15.3 Å². The molecule has 0 amide bonds. The number of benzene rings is 2. The molecule has 2 heterocycles. The van der Waals surface area contributed by atoms with Crippen LogP contribution in [0.3, 0.4) is 0 Å². The maximum Gasteiger partial charge on any atom is 0.244 e. The molecule has 1 aliphatic heterocycles. The molecule has 0 bridgehead atoms. The summed E-state index contributed by atoms with van der Waals surface area (Å²) in [4.78, 5) is 4.38. The van der Waals surface area contributed by atoms with Crippen LogP contribution in [0.1, 0.15) is 11.1 Å². The third-order valence-electron chi connectivity index (χ3n) is 3.71. The molecule has 3 aromatic rings. The van der Waals surface area contributed by atoms with Crippen molar-refractivity contribution < 1.29 is 9.47 Å². The van der Waals surface area contributed by atoms with Gasteiger partial charge in [0.2, 0.25) is 12.7 Å². The number of aromatic nitrogens is 3. The molecule has 1 aliphatic rings. The first-order valence-corrected chi connectivity index (χ1v) is 7.89. The molecule has 0 saturated heterocycles. The Labute approximate surface area is 149 Å². The summed E-state index contributed by atoms with van der Waals surface area (Å²) in [6.45, 7) is 0.769. The first-order chi connectivity index (χ1) is 12.8. The number of nitriles is 1. The van der Waals surface area contributed by atoms with Gasteiger partial charge in [-0.3, -0.25) is 0 Å². The molecule has 0 fully saturated rings. The van der Waals surface area contributed by atoms with E-state index in [-0.39, 0.29) is 6.79 Å². The zero-order valence-electron chi connectivity index (χ0n) is 13.6. The van der Waals surface area contributed by atoms with Gasteiger partial charge in [-0.05, 0) is 35.9 Å². The standard InChI is InChI=1S/C18H14N6O2/c19-8-12-2-1-3-14(6-12)22-17-10-21-24-18(23-17)20-9-13-4-5-15-16(7-13)26-11-25-15/h1-7,10H,9,11H2,(H2,20,22,23,24). The van der Waals surface area contributed by atoms with Crippen molar-refractivity contribution in [2.75, 3.05) is 17.4 Å². The number of hydrogen-bond donors (Lipinski definition) is 2. The smallest absolute Gasteiger partial charge is 0.244 e. The molecule has 8 heteroatoms. The van der Waals surface area contributed by atoms with Crippen molar-refractivity contribution in [3.63, 3.8) is 0 Å². The molecular formula is C18H14N6O2. The second kappa shape index (κ2) is 6.94. The monoisotopic (exact) mass is 346 g/mol. The Hall–Kier alpha value is -3.86. The molecule has 0 atom stereocenters. The molecule has 8 nitrogen and oxygen atoms in total. The predicted molar refractivity (Wildman–Crippen MR) is 94.2 cm³/mol. The lowest BCUT2D eigenvalue weighted by molar-refractivity contribution is 0.174. The van der Waals surface area contributed by atoms with Crippen LogP contribution in [-0.2, 0) is 6.54 Å². The van der Waals surface area contributed by atoms with Gasteiger partial charge in [0.15, 0.2) is 17.3 Å². The van der Waals surface area contributed by atoms with E-state index >= 15 is 0 Å². The van der Waals surface area contributed by atoms with Crippen molar-refractivity contribution in [1.82, 2.24) is 15.2 Å². The minimum Gasteiger partial charge on any atom is -0.454 e. The minimum absolute atomic E-state index is 0.250. The van der Waals surface area contributed by atoms with Gasteiger partial charge in [-0.15, -0.1) is 5.10 Å². The van der Waals surface area contributed by atoms with Gasteiger partial charge < -0.3 is 20.1 Å². The highest BCUT2D eigenvalue weighted by molar-refractivity contribution is 5.58. The Morgan fingerprint density at radius 2 is 2.04 bits per heavy atom. The quantitative estimate of drug-likeness (QED) is 0.726. The average Bonchev–Trinajstić information content (AvgIpc) is 3.15. The number of hydrogen-bond acceptors (Lipinski definition) is 8. The number of fused-ring (bicyclic) bond motifs is 1. The first-order valence-electron chi connectivity index (χ1n) is 7.89. The number of ether oxygens (including phenoxy) is 2. The fourth-order valence-corrected chi connectivity index (χ4v) is 2.49. The number of anilines is 3. The summed E-state index contributed by atoms with van der Waals surface area (Å²) in [5.41, 5.74) is 2.34. The second-order valence-corrected chi connectivity index (χ2v) is 5.52. The topological polar surface area (TPSA) is 105 Å². The second-order valence-electron chi connectivity index (χ2n) is 5.52. The Bertz CT molecular complexity index is 985. The Morgan fingerprint density at radius 3 is 2.96 bits per heavy atom. The van der Waals surface area contributed by atoms with Crippen LogP contribution >= 0.6 is 0 Å². The maximum atomic E-state index is 8.97. The van der Waals surface area contributed by atoms with Crippen molar-refractivity contribution in [2.45, 2.75) is 6.54 Å². The highest BCUT2D eigenvalue weighted by atomic mass is 16.7. The van der Waals surface area contributed by atoms with Crippen LogP contribution in [0.4, 0.5) is 17.5 Å². The first kappa shape index (κ1) is 15.7. The summed E-state index contributed by atoms with van der Waals surface area (Å²) in [5, 5.41) is 23.1. The van der Waals surface area contributed by atoms with E-state index in [1.807, 2.05) is 24.3 Å². The summed E-state index contributed by atoms with van der Waals surface area (Å²) in [7, 11) is 0. The number of nitrogens with zero attached hydrogens (tertiary/aromatic N) is 4. The van der Waals surface area contributed by atoms with Crippen LogP contribution < -0.4 is 20.1 Å². The highest BCUT2D eigenvalue weighted by Crippen LogP contribution is 2.32. The van der Waals surface area contributed by atoms with Gasteiger partial charge in [0, 0.05) is 12.2 Å². The maximum absolute atomic E-state index is 8.97. The van der Waals surface area contributed by atoms with E-state index < -0.39 is 0 Å². The van der Waals surface area contributed by atoms with E-state index in [0.717, 1.165) is 22.7 Å². The number of nitrogens with one attached hydrogen (secondary N) is 2. The fourth-order valence-electron chi connectivity index (χ4n) is 2.49. The lowest BCUT2D eigenvalue weighted by Gasteiger charge is -2.08. The van der Waals surface area contributed by atoms with Gasteiger partial charge in [-0.1, -0.05) is 12.1 Å². The molecule has 2 aromatic carbocycles. The molecule has 2 N–H and O–H groups in total. The van der Waals surface area contributed by atoms with Gasteiger partial charge in [0.25, 0.3) is 0 Å². The summed E-state index contributed by atoms with van der Waals surface area (Å²) >= 11 is 0. The van der Waals surface area contributed by atoms with E-state index in [9.17, 15) is 0 Å². The van der Waals surface area contributed by atoms with Gasteiger partial charge >= 0.3 is 0 Å². The molecule has 0 radical (unpaired) electrons. The molecule has 0 aliphatic carbocycles. The summed E-state index contributed by atoms with van der Waals surface area (Å²) < 4.78 is 10.7. The van der Waals surface area contributed by atoms with Crippen molar-refractivity contribution in [3.8, 4) is 17.6 Å². The Kier molecular flexibility index (Phi) is 4.18. The predicted octanol–water partition coefficient (Wildman–Crippen LogP) is 2.83. The van der Waals surface area contributed by atoms with Crippen molar-refractivity contribution in [3.05, 3.63) is 59.8 Å². The Balaban J connectivity index is 1.43. The van der Waals surface area contributed by atoms with Gasteiger partial charge in [-0.25, -0.2) is 0 Å². The van der Waals surface area contributed by atoms with Crippen LogP contribution in [0.5, 0.6) is 11.5 Å². The molecule has 128 valence electrons. The van der Waals surface area contributed by atoms with Gasteiger partial charge in [0.1, 0.15) is 0 Å². The van der Waals surface area contributed by atoms with Crippen molar-refractivity contribution in [1.29, 1.82) is 5.26 Å². The normalized spacial score (nSPS) is 11.7. The number of rotatable bonds is 5. The van der Waals surface area contributed by atoms with Crippen LogP contribution in [0.2, 0.25) is 0 Å². The minimum atomic E-state index is 0.250. The molecular weight excluding hydrogens is 332 g/mol. The van der Waals surface area contributed by atoms with E-state index in [4.69, 9.17) is 14.7 Å². The third-order valence-corrected chi connectivity index (χ3v) is 3.71. The van der Waals surface area contributed by atoms with Crippen LogP contribution in [0.15, 0.2) is 48.7 Å². The molecule has 26 heavy (non-hydrogen) atoms. The SMILES string of the molecule is N#Cc1cccc(Nc2cnnc(NCc3ccc4c(c3)OCO4)n2)c1. The summed E-state index contributed by atoms with van der Waals surface area (Å²) in [6.07, 6.45) is 1.52. The zero-order chi connectivity index (χ0) is 17.8. The third kappa shape index (κ3) is 3.47. The van der Waals surface area contributed by atoms with Crippen LogP contribution in [-0.4, -0.2) is 22.0 Å². The van der Waals surface area contributed by atoms with Crippen molar-refractivity contribution in [2.24, 2.45) is 0 Å². The highest BCUT2D eigenvalue weighted by Gasteiger charge is 2.13. The van der Waals surface area contributed by atoms with Crippen LogP contribution in [0.25, 0.3) is 0 Å². The molecule has 0 spiro atoms. The van der Waals surface area contributed by atoms with E-state index in [0.29, 0.717) is 23.9 Å². The summed E-state index contributed by atoms with van der Waals surface area (Å²) in [6, 6.07) is 15.0. The zero-order valence-corrected chi connectivity index (χ0v) is 13.6. The molecule has 0 saturated carbocycles. The van der Waals surface area contributed by atoms with E-state index in [1.54, 1.807) is 18.2 Å². The molecule has 4 rings (SSSR count). The lowest BCUT2D eigenvalue weighted by atomic mass is 10.2. The molecule has 1 aromatic heterocycles. The van der Waals surface area contributed by atoms with E-state index in [1.165, 1.54) is 6.20 Å². The molecule has 0 unspecified atom stereocenters. The van der Waals surface area contributed by atoms with Crippen LogP contribution in [0, 0.1) is 11.3 Å². The lowest BCUT2D eigenvalue weighted by Crippen LogP contribution is -2.06. The van der Waals surface area contributed by atoms with Gasteiger partial charge in [0.05, 0.1) is 17.8 Å². The summed E-state index contributed by atoms with van der Waals surface area (Å²) in [5.74, 6) is 2.40. The fraction of sp³-hybridized carbons (Fsp3) is 0.111.